The second kappa shape index (κ2) is 3.61. The van der Waals surface area contributed by atoms with E-state index < -0.39 is 12.1 Å². The minimum absolute atomic E-state index is 0.259. The van der Waals surface area contributed by atoms with Crippen molar-refractivity contribution in [2.75, 3.05) is 7.11 Å². The lowest BCUT2D eigenvalue weighted by Crippen LogP contribution is -2.35. The first-order chi connectivity index (χ1) is 7.12. The van der Waals surface area contributed by atoms with Gasteiger partial charge in [-0.2, -0.15) is 11.3 Å². The predicted molar refractivity (Wildman–Crippen MR) is 58.4 cm³/mol. The molecule has 1 aliphatic rings. The Bertz CT molecular complexity index is 379. The minimum Gasteiger partial charge on any atom is -0.479 e. The van der Waals surface area contributed by atoms with E-state index in [0.717, 1.165) is 18.4 Å². The Morgan fingerprint density at radius 3 is 2.60 bits per heavy atom. The molecule has 3 nitrogen and oxygen atoms in total. The summed E-state index contributed by atoms with van der Waals surface area (Å²) < 4.78 is 5.12. The fourth-order valence-electron chi connectivity index (χ4n) is 2.24. The van der Waals surface area contributed by atoms with Crippen molar-refractivity contribution in [2.45, 2.75) is 31.3 Å². The van der Waals surface area contributed by atoms with Crippen LogP contribution in [0.5, 0.6) is 0 Å². The second-order valence-electron chi connectivity index (χ2n) is 4.08. The lowest BCUT2D eigenvalue weighted by atomic mass is 9.89. The van der Waals surface area contributed by atoms with Crippen LogP contribution in [0, 0.1) is 6.92 Å². The van der Waals surface area contributed by atoms with Crippen LogP contribution in [0.25, 0.3) is 0 Å². The van der Waals surface area contributed by atoms with Gasteiger partial charge in [-0.1, -0.05) is 0 Å². The van der Waals surface area contributed by atoms with Crippen LogP contribution in [-0.2, 0) is 14.9 Å². The molecule has 0 bridgehead atoms. The maximum absolute atomic E-state index is 11.1. The molecule has 1 aromatic heterocycles. The van der Waals surface area contributed by atoms with E-state index in [9.17, 15) is 4.79 Å². The van der Waals surface area contributed by atoms with Crippen molar-refractivity contribution < 1.29 is 14.6 Å². The zero-order valence-corrected chi connectivity index (χ0v) is 9.63. The molecule has 82 valence electrons. The van der Waals surface area contributed by atoms with E-state index in [4.69, 9.17) is 9.84 Å². The first kappa shape index (κ1) is 10.6. The van der Waals surface area contributed by atoms with Crippen molar-refractivity contribution >= 4 is 17.3 Å². The van der Waals surface area contributed by atoms with E-state index >= 15 is 0 Å². The van der Waals surface area contributed by atoms with E-state index in [2.05, 4.69) is 10.8 Å². The molecule has 1 atom stereocenters. The predicted octanol–water partition coefficient (Wildman–Crippen LogP) is 2.19. The molecule has 1 aliphatic carbocycles. The molecule has 1 aromatic rings. The summed E-state index contributed by atoms with van der Waals surface area (Å²) in [5.41, 5.74) is 2.08. The summed E-state index contributed by atoms with van der Waals surface area (Å²) >= 11 is 1.62. The fraction of sp³-hybridized carbons (Fsp3) is 0.545. The number of carbonyl (C=O) groups is 1. The highest BCUT2D eigenvalue weighted by Crippen LogP contribution is 2.53. The first-order valence-electron chi connectivity index (χ1n) is 4.90. The molecule has 0 aliphatic heterocycles. The Morgan fingerprint density at radius 1 is 1.60 bits per heavy atom. The highest BCUT2D eigenvalue weighted by atomic mass is 32.1. The maximum atomic E-state index is 11.1. The highest BCUT2D eigenvalue weighted by Gasteiger charge is 2.55. The molecule has 1 fully saturated rings. The Kier molecular flexibility index (Phi) is 2.56. The number of carboxylic acids is 1. The molecule has 15 heavy (non-hydrogen) atoms. The topological polar surface area (TPSA) is 46.5 Å². The Hall–Kier alpha value is -0.870. The summed E-state index contributed by atoms with van der Waals surface area (Å²) in [6, 6.07) is 0. The Morgan fingerprint density at radius 2 is 2.27 bits per heavy atom. The quantitative estimate of drug-likeness (QED) is 0.856. The number of aliphatic carboxylic acids is 1. The normalized spacial score (nSPS) is 19.9. The molecule has 0 amide bonds. The number of thiophene rings is 1. The third kappa shape index (κ3) is 1.58. The van der Waals surface area contributed by atoms with Crippen molar-refractivity contribution in [2.24, 2.45) is 0 Å². The number of rotatable bonds is 4. The summed E-state index contributed by atoms with van der Waals surface area (Å²) in [5, 5.41) is 13.2. The summed E-state index contributed by atoms with van der Waals surface area (Å²) in [7, 11) is 1.47. The minimum atomic E-state index is -0.861. The van der Waals surface area contributed by atoms with E-state index in [-0.39, 0.29) is 5.41 Å². The standard InChI is InChI=1S/C11H14O3S/c1-7-5-15-6-8(7)11(3-4-11)9(14-2)10(12)13/h5-6,9H,3-4H2,1-2H3,(H,12,13). The van der Waals surface area contributed by atoms with Crippen molar-refractivity contribution in [3.63, 3.8) is 0 Å². The number of hydrogen-bond donors (Lipinski definition) is 1. The zero-order chi connectivity index (χ0) is 11.1. The van der Waals surface area contributed by atoms with Crippen LogP contribution < -0.4 is 0 Å². The van der Waals surface area contributed by atoms with Crippen LogP contribution >= 0.6 is 11.3 Å². The summed E-state index contributed by atoms with van der Waals surface area (Å²) in [6.45, 7) is 2.03. The molecule has 1 N–H and O–H groups in total. The van der Waals surface area contributed by atoms with Crippen LogP contribution in [-0.4, -0.2) is 24.3 Å². The van der Waals surface area contributed by atoms with Crippen LogP contribution in [0.15, 0.2) is 10.8 Å². The molecule has 0 saturated heterocycles. The summed E-state index contributed by atoms with van der Waals surface area (Å²) in [6.07, 6.45) is 1.12. The van der Waals surface area contributed by atoms with E-state index in [0.29, 0.717) is 0 Å². The van der Waals surface area contributed by atoms with Crippen LogP contribution in [0.2, 0.25) is 0 Å². The number of ether oxygens (including phenoxy) is 1. The molecule has 1 saturated carbocycles. The van der Waals surface area contributed by atoms with Gasteiger partial charge in [-0.05, 0) is 41.7 Å². The molecule has 1 heterocycles. The van der Waals surface area contributed by atoms with Gasteiger partial charge >= 0.3 is 5.97 Å². The number of methoxy groups -OCH3 is 1. The van der Waals surface area contributed by atoms with Gasteiger partial charge < -0.3 is 9.84 Å². The van der Waals surface area contributed by atoms with Gasteiger partial charge in [0.2, 0.25) is 0 Å². The molecule has 0 radical (unpaired) electrons. The third-order valence-electron chi connectivity index (χ3n) is 3.14. The SMILES string of the molecule is COC(C(=O)O)C1(c2cscc2C)CC1. The van der Waals surface area contributed by atoms with Crippen LogP contribution in [0.4, 0.5) is 0 Å². The highest BCUT2D eigenvalue weighted by molar-refractivity contribution is 7.08. The smallest absolute Gasteiger partial charge is 0.333 e. The fourth-order valence-corrected chi connectivity index (χ4v) is 3.20. The largest absolute Gasteiger partial charge is 0.479 e. The molecule has 0 aromatic carbocycles. The monoisotopic (exact) mass is 226 g/mol. The van der Waals surface area contributed by atoms with Gasteiger partial charge in [-0.25, -0.2) is 4.79 Å². The lowest BCUT2D eigenvalue weighted by molar-refractivity contribution is -0.150. The number of hydrogen-bond acceptors (Lipinski definition) is 3. The van der Waals surface area contributed by atoms with Gasteiger partial charge in [0.15, 0.2) is 6.10 Å². The maximum Gasteiger partial charge on any atom is 0.333 e. The molecule has 2 rings (SSSR count). The third-order valence-corrected chi connectivity index (χ3v) is 4.00. The van der Waals surface area contributed by atoms with Crippen molar-refractivity contribution in [1.82, 2.24) is 0 Å². The number of carboxylic acid groups (broad SMARTS) is 1. The zero-order valence-electron chi connectivity index (χ0n) is 8.82. The van der Waals surface area contributed by atoms with Crippen molar-refractivity contribution in [3.8, 4) is 0 Å². The average molecular weight is 226 g/mol. The Labute approximate surface area is 92.7 Å². The molecule has 4 heteroatoms. The van der Waals surface area contributed by atoms with Crippen LogP contribution in [0.1, 0.15) is 24.0 Å². The van der Waals surface area contributed by atoms with E-state index in [1.807, 2.05) is 6.92 Å². The van der Waals surface area contributed by atoms with E-state index in [1.54, 1.807) is 11.3 Å². The molecule has 0 spiro atoms. The molecule has 1 unspecified atom stereocenters. The summed E-state index contributed by atoms with van der Waals surface area (Å²) in [4.78, 5) is 11.1. The van der Waals surface area contributed by atoms with Gasteiger partial charge in [-0.3, -0.25) is 0 Å². The lowest BCUT2D eigenvalue weighted by Gasteiger charge is -2.22. The first-order valence-corrected chi connectivity index (χ1v) is 5.85. The van der Waals surface area contributed by atoms with Gasteiger partial charge in [-0.15, -0.1) is 0 Å². The van der Waals surface area contributed by atoms with Gasteiger partial charge in [0, 0.05) is 12.5 Å². The van der Waals surface area contributed by atoms with Crippen LogP contribution in [0.3, 0.4) is 0 Å². The Balaban J connectivity index is 2.35. The van der Waals surface area contributed by atoms with Gasteiger partial charge in [0.25, 0.3) is 0 Å². The molecular formula is C11H14O3S. The summed E-state index contributed by atoms with van der Waals surface area (Å²) in [5.74, 6) is -0.861. The molecular weight excluding hydrogens is 212 g/mol. The van der Waals surface area contributed by atoms with Crippen molar-refractivity contribution in [3.05, 3.63) is 21.9 Å². The number of aryl methyl sites for hydroxylation is 1. The second-order valence-corrected chi connectivity index (χ2v) is 4.82. The van der Waals surface area contributed by atoms with Gasteiger partial charge in [0.05, 0.1) is 0 Å². The average Bonchev–Trinajstić information content (AvgIpc) is 2.83. The van der Waals surface area contributed by atoms with Gasteiger partial charge in [0.1, 0.15) is 0 Å². The van der Waals surface area contributed by atoms with E-state index in [1.165, 1.54) is 12.7 Å². The van der Waals surface area contributed by atoms with Crippen molar-refractivity contribution in [1.29, 1.82) is 0 Å².